The molecule has 1 aliphatic rings. The van der Waals surface area contributed by atoms with Gasteiger partial charge in [0, 0.05) is 13.0 Å². The molecule has 1 aromatic rings. The Morgan fingerprint density at radius 2 is 2.29 bits per heavy atom. The van der Waals surface area contributed by atoms with E-state index in [0.29, 0.717) is 4.90 Å². The van der Waals surface area contributed by atoms with Gasteiger partial charge in [-0.3, -0.25) is 9.36 Å². The highest BCUT2D eigenvalue weighted by atomic mass is 32.2. The summed E-state index contributed by atoms with van der Waals surface area (Å²) in [4.78, 5) is 16.2. The van der Waals surface area contributed by atoms with Gasteiger partial charge in [0.05, 0.1) is 0 Å². The van der Waals surface area contributed by atoms with Crippen LogP contribution in [0.4, 0.5) is 0 Å². The summed E-state index contributed by atoms with van der Waals surface area (Å²) >= 11 is 1.25. The van der Waals surface area contributed by atoms with E-state index < -0.39 is 0 Å². The van der Waals surface area contributed by atoms with Crippen LogP contribution in [0.5, 0.6) is 5.88 Å². The third-order valence-corrected chi connectivity index (χ3v) is 3.19. The normalized spacial score (nSPS) is 15.2. The van der Waals surface area contributed by atoms with Crippen molar-refractivity contribution < 1.29 is 5.11 Å². The van der Waals surface area contributed by atoms with Crippen LogP contribution in [0, 0.1) is 0 Å². The minimum absolute atomic E-state index is 0.0975. The van der Waals surface area contributed by atoms with Gasteiger partial charge in [-0.1, -0.05) is 0 Å². The van der Waals surface area contributed by atoms with Crippen molar-refractivity contribution in [3.05, 3.63) is 16.2 Å². The second kappa shape index (κ2) is 3.65. The number of nitrogens with zero attached hydrogens (tertiary/aromatic N) is 2. The lowest BCUT2D eigenvalue weighted by molar-refractivity contribution is 0.407. The smallest absolute Gasteiger partial charge is 0.271 e. The Hall–Kier alpha value is -0.970. The SMILES string of the molecule is CSc1c(O)nc2n(c1=O)CCCC2. The van der Waals surface area contributed by atoms with Crippen molar-refractivity contribution in [1.82, 2.24) is 9.55 Å². The summed E-state index contributed by atoms with van der Waals surface area (Å²) in [5.41, 5.74) is -0.0975. The number of rotatable bonds is 1. The van der Waals surface area contributed by atoms with E-state index in [9.17, 15) is 9.90 Å². The third-order valence-electron chi connectivity index (χ3n) is 2.43. The maximum absolute atomic E-state index is 11.8. The van der Waals surface area contributed by atoms with Gasteiger partial charge in [-0.05, 0) is 19.1 Å². The number of hydrogen-bond donors (Lipinski definition) is 1. The molecule has 14 heavy (non-hydrogen) atoms. The Morgan fingerprint density at radius 1 is 1.50 bits per heavy atom. The molecule has 0 aromatic carbocycles. The Bertz CT molecular complexity index is 414. The zero-order valence-corrected chi connectivity index (χ0v) is 8.80. The molecule has 0 aliphatic carbocycles. The largest absolute Gasteiger partial charge is 0.492 e. The summed E-state index contributed by atoms with van der Waals surface area (Å²) in [5, 5.41) is 9.50. The highest BCUT2D eigenvalue weighted by Gasteiger charge is 2.17. The summed E-state index contributed by atoms with van der Waals surface area (Å²) in [6, 6.07) is 0. The molecule has 0 amide bonds. The molecule has 0 fully saturated rings. The zero-order chi connectivity index (χ0) is 10.1. The molecule has 1 aromatic heterocycles. The van der Waals surface area contributed by atoms with Crippen LogP contribution in [0.2, 0.25) is 0 Å². The van der Waals surface area contributed by atoms with Gasteiger partial charge >= 0.3 is 0 Å². The highest BCUT2D eigenvalue weighted by molar-refractivity contribution is 7.98. The molecule has 76 valence electrons. The number of aromatic nitrogens is 2. The summed E-state index contributed by atoms with van der Waals surface area (Å²) in [5.74, 6) is 0.604. The van der Waals surface area contributed by atoms with Crippen molar-refractivity contribution in [1.29, 1.82) is 0 Å². The van der Waals surface area contributed by atoms with Crippen LogP contribution in [0.1, 0.15) is 18.7 Å². The molecule has 4 nitrogen and oxygen atoms in total. The minimum atomic E-state index is -0.115. The molecule has 5 heteroatoms. The van der Waals surface area contributed by atoms with E-state index in [0.717, 1.165) is 31.6 Å². The fraction of sp³-hybridized carbons (Fsp3) is 0.556. The molecule has 0 spiro atoms. The van der Waals surface area contributed by atoms with Gasteiger partial charge in [-0.25, -0.2) is 0 Å². The zero-order valence-electron chi connectivity index (χ0n) is 7.99. The third kappa shape index (κ3) is 1.41. The number of aryl methyl sites for hydroxylation is 1. The minimum Gasteiger partial charge on any atom is -0.492 e. The second-order valence-corrected chi connectivity index (χ2v) is 4.12. The van der Waals surface area contributed by atoms with Crippen LogP contribution in [0.3, 0.4) is 0 Å². The van der Waals surface area contributed by atoms with Crippen LogP contribution in [0.25, 0.3) is 0 Å². The van der Waals surface area contributed by atoms with E-state index in [2.05, 4.69) is 4.98 Å². The maximum atomic E-state index is 11.8. The van der Waals surface area contributed by atoms with E-state index in [1.165, 1.54) is 11.8 Å². The molecular weight excluding hydrogens is 200 g/mol. The number of aromatic hydroxyl groups is 1. The predicted octanol–water partition coefficient (Wildman–Crippen LogP) is 1.01. The Balaban J connectivity index is 2.64. The fourth-order valence-corrected chi connectivity index (χ4v) is 2.23. The maximum Gasteiger partial charge on any atom is 0.271 e. The average Bonchev–Trinajstić information content (AvgIpc) is 2.18. The number of fused-ring (bicyclic) bond motifs is 1. The second-order valence-electron chi connectivity index (χ2n) is 3.30. The van der Waals surface area contributed by atoms with E-state index >= 15 is 0 Å². The number of hydrogen-bond acceptors (Lipinski definition) is 4. The fourth-order valence-electron chi connectivity index (χ4n) is 1.72. The monoisotopic (exact) mass is 212 g/mol. The van der Waals surface area contributed by atoms with Gasteiger partial charge in [0.15, 0.2) is 0 Å². The van der Waals surface area contributed by atoms with Crippen LogP contribution >= 0.6 is 11.8 Å². The molecule has 1 N–H and O–H groups in total. The summed E-state index contributed by atoms with van der Waals surface area (Å²) in [7, 11) is 0. The van der Waals surface area contributed by atoms with E-state index in [1.807, 2.05) is 0 Å². The quantitative estimate of drug-likeness (QED) is 0.706. The van der Waals surface area contributed by atoms with Gasteiger partial charge in [0.1, 0.15) is 10.7 Å². The molecule has 0 atom stereocenters. The van der Waals surface area contributed by atoms with Crippen LogP contribution in [-0.2, 0) is 13.0 Å². The average molecular weight is 212 g/mol. The topological polar surface area (TPSA) is 55.1 Å². The van der Waals surface area contributed by atoms with Crippen molar-refractivity contribution in [2.24, 2.45) is 0 Å². The molecule has 0 radical (unpaired) electrons. The summed E-state index contributed by atoms with van der Waals surface area (Å²) in [6.07, 6.45) is 4.63. The van der Waals surface area contributed by atoms with Gasteiger partial charge < -0.3 is 5.11 Å². The first kappa shape index (κ1) is 9.58. The van der Waals surface area contributed by atoms with E-state index in [4.69, 9.17) is 0 Å². The van der Waals surface area contributed by atoms with Gasteiger partial charge in [0.25, 0.3) is 5.56 Å². The molecule has 0 unspecified atom stereocenters. The Morgan fingerprint density at radius 3 is 3.00 bits per heavy atom. The van der Waals surface area contributed by atoms with E-state index in [-0.39, 0.29) is 11.4 Å². The van der Waals surface area contributed by atoms with Crippen molar-refractivity contribution in [3.63, 3.8) is 0 Å². The lowest BCUT2D eigenvalue weighted by Gasteiger charge is -2.17. The first-order chi connectivity index (χ1) is 6.74. The van der Waals surface area contributed by atoms with Crippen LogP contribution in [-0.4, -0.2) is 20.9 Å². The lowest BCUT2D eigenvalue weighted by atomic mass is 10.1. The van der Waals surface area contributed by atoms with Crippen molar-refractivity contribution >= 4 is 11.8 Å². The van der Waals surface area contributed by atoms with E-state index in [1.54, 1.807) is 10.8 Å². The Labute approximate surface area is 86.0 Å². The molecule has 0 saturated heterocycles. The van der Waals surface area contributed by atoms with Crippen LogP contribution < -0.4 is 5.56 Å². The summed E-state index contributed by atoms with van der Waals surface area (Å²) < 4.78 is 1.68. The molecule has 1 aliphatic heterocycles. The lowest BCUT2D eigenvalue weighted by Crippen LogP contribution is -2.29. The molecule has 2 heterocycles. The van der Waals surface area contributed by atoms with Gasteiger partial charge in [-0.2, -0.15) is 4.98 Å². The Kier molecular flexibility index (Phi) is 2.50. The summed E-state index contributed by atoms with van der Waals surface area (Å²) in [6.45, 7) is 0.731. The van der Waals surface area contributed by atoms with Gasteiger partial charge in [-0.15, -0.1) is 11.8 Å². The van der Waals surface area contributed by atoms with Crippen molar-refractivity contribution in [3.8, 4) is 5.88 Å². The number of thioether (sulfide) groups is 1. The van der Waals surface area contributed by atoms with Crippen LogP contribution in [0.15, 0.2) is 9.69 Å². The van der Waals surface area contributed by atoms with Gasteiger partial charge in [0.2, 0.25) is 5.88 Å². The highest BCUT2D eigenvalue weighted by Crippen LogP contribution is 2.22. The molecule has 2 rings (SSSR count). The first-order valence-corrected chi connectivity index (χ1v) is 5.83. The predicted molar refractivity (Wildman–Crippen MR) is 54.9 cm³/mol. The molecule has 0 bridgehead atoms. The standard InChI is InChI=1S/C9H12N2O2S/c1-14-7-8(12)10-6-4-2-3-5-11(6)9(7)13/h12H,2-5H2,1H3. The molecular formula is C9H12N2O2S. The molecule has 0 saturated carbocycles. The van der Waals surface area contributed by atoms with Crippen molar-refractivity contribution in [2.45, 2.75) is 30.7 Å². The van der Waals surface area contributed by atoms with Crippen molar-refractivity contribution in [2.75, 3.05) is 6.26 Å². The first-order valence-electron chi connectivity index (χ1n) is 4.60.